The number of thiocarbonyl (C=S) groups is 1. The van der Waals surface area contributed by atoms with Crippen LogP contribution in [0.15, 0.2) is 59.5 Å². The molecule has 0 atom stereocenters. The van der Waals surface area contributed by atoms with Crippen molar-refractivity contribution in [2.24, 2.45) is 0 Å². The normalized spacial score (nSPS) is 16.2. The Labute approximate surface area is 159 Å². The molecule has 0 aromatic heterocycles. The highest BCUT2D eigenvalue weighted by Gasteiger charge is 2.33. The van der Waals surface area contributed by atoms with Crippen LogP contribution in [-0.2, 0) is 9.59 Å². The van der Waals surface area contributed by atoms with Gasteiger partial charge in [-0.1, -0.05) is 72.5 Å². The molecule has 0 aliphatic carbocycles. The molecular formula is C20H13NO3S2. The van der Waals surface area contributed by atoms with E-state index in [-0.39, 0.29) is 10.2 Å². The Kier molecular flexibility index (Phi) is 4.22. The number of hydrogen-bond acceptors (Lipinski definition) is 4. The molecule has 26 heavy (non-hydrogen) atoms. The predicted octanol–water partition coefficient (Wildman–Crippen LogP) is 4.28. The van der Waals surface area contributed by atoms with E-state index in [1.807, 2.05) is 54.6 Å². The van der Waals surface area contributed by atoms with E-state index in [4.69, 9.17) is 17.3 Å². The fraction of sp³-hybridized carbons (Fsp3) is 0.0500. The van der Waals surface area contributed by atoms with Crippen LogP contribution in [0.4, 0.5) is 0 Å². The molecule has 1 heterocycles. The average molecular weight is 379 g/mol. The minimum atomic E-state index is -1.09. The molecule has 1 aliphatic heterocycles. The summed E-state index contributed by atoms with van der Waals surface area (Å²) in [5.74, 6) is -1.45. The Balaban J connectivity index is 1.91. The van der Waals surface area contributed by atoms with E-state index in [0.29, 0.717) is 4.91 Å². The van der Waals surface area contributed by atoms with Gasteiger partial charge in [-0.15, -0.1) is 0 Å². The molecule has 128 valence electrons. The van der Waals surface area contributed by atoms with Gasteiger partial charge in [-0.2, -0.15) is 0 Å². The number of carbonyl (C=O) groups excluding carboxylic acids is 1. The van der Waals surface area contributed by atoms with Crippen molar-refractivity contribution in [1.82, 2.24) is 4.90 Å². The molecule has 0 unspecified atom stereocenters. The second kappa shape index (κ2) is 6.55. The van der Waals surface area contributed by atoms with Crippen LogP contribution in [0.3, 0.4) is 0 Å². The number of carboxylic acid groups (broad SMARTS) is 1. The molecule has 0 radical (unpaired) electrons. The zero-order valence-electron chi connectivity index (χ0n) is 13.5. The van der Waals surface area contributed by atoms with Crippen LogP contribution in [0.25, 0.3) is 27.6 Å². The summed E-state index contributed by atoms with van der Waals surface area (Å²) in [5, 5.41) is 13.2. The zero-order valence-corrected chi connectivity index (χ0v) is 15.1. The third-order valence-electron chi connectivity index (χ3n) is 4.26. The second-order valence-electron chi connectivity index (χ2n) is 5.89. The summed E-state index contributed by atoms with van der Waals surface area (Å²) >= 11 is 6.33. The van der Waals surface area contributed by atoms with Crippen LogP contribution in [0.5, 0.6) is 0 Å². The minimum Gasteiger partial charge on any atom is -0.480 e. The molecule has 1 N–H and O–H groups in total. The fourth-order valence-corrected chi connectivity index (χ4v) is 4.34. The molecule has 0 spiro atoms. The van der Waals surface area contributed by atoms with E-state index in [2.05, 4.69) is 6.07 Å². The lowest BCUT2D eigenvalue weighted by atomic mass is 9.96. The Morgan fingerprint density at radius 1 is 1.08 bits per heavy atom. The monoisotopic (exact) mass is 379 g/mol. The first-order valence-electron chi connectivity index (χ1n) is 7.92. The molecule has 1 fully saturated rings. The SMILES string of the molecule is O=C(O)CN1C(=O)/C(=C/c2c3ccccc3cc3ccccc23)SC1=S. The Morgan fingerprint density at radius 3 is 2.23 bits per heavy atom. The number of carboxylic acids is 1. The third-order valence-corrected chi connectivity index (χ3v) is 5.63. The Hall–Kier alpha value is -2.70. The topological polar surface area (TPSA) is 57.6 Å². The van der Waals surface area contributed by atoms with E-state index >= 15 is 0 Å². The van der Waals surface area contributed by atoms with Crippen LogP contribution < -0.4 is 0 Å². The molecular weight excluding hydrogens is 366 g/mol. The number of fused-ring (bicyclic) bond motifs is 2. The first-order chi connectivity index (χ1) is 12.5. The number of carbonyl (C=O) groups is 2. The number of aliphatic carboxylic acids is 1. The number of benzene rings is 3. The van der Waals surface area contributed by atoms with Crippen LogP contribution in [0.2, 0.25) is 0 Å². The summed E-state index contributed by atoms with van der Waals surface area (Å²) in [4.78, 5) is 25.2. The first-order valence-corrected chi connectivity index (χ1v) is 9.15. The first kappa shape index (κ1) is 16.8. The second-order valence-corrected chi connectivity index (χ2v) is 7.57. The van der Waals surface area contributed by atoms with E-state index < -0.39 is 12.5 Å². The maximum absolute atomic E-state index is 12.6. The maximum atomic E-state index is 12.6. The van der Waals surface area contributed by atoms with Gasteiger partial charge in [0.15, 0.2) is 0 Å². The van der Waals surface area contributed by atoms with Crippen molar-refractivity contribution >= 4 is 67.8 Å². The van der Waals surface area contributed by atoms with E-state index in [1.54, 1.807) is 0 Å². The summed E-state index contributed by atoms with van der Waals surface area (Å²) in [6, 6.07) is 18.1. The molecule has 1 amide bonds. The Morgan fingerprint density at radius 2 is 1.65 bits per heavy atom. The van der Waals surface area contributed by atoms with E-state index in [1.165, 1.54) is 0 Å². The summed E-state index contributed by atoms with van der Waals surface area (Å²) in [6.45, 7) is -0.418. The van der Waals surface area contributed by atoms with Crippen molar-refractivity contribution in [2.75, 3.05) is 6.54 Å². The van der Waals surface area contributed by atoms with Gasteiger partial charge in [0.1, 0.15) is 10.9 Å². The smallest absolute Gasteiger partial charge is 0.323 e. The number of amides is 1. The van der Waals surface area contributed by atoms with Crippen LogP contribution in [0, 0.1) is 0 Å². The van der Waals surface area contributed by atoms with E-state index in [0.717, 1.165) is 43.8 Å². The van der Waals surface area contributed by atoms with Gasteiger partial charge in [0, 0.05) is 0 Å². The third kappa shape index (κ3) is 2.87. The highest BCUT2D eigenvalue weighted by molar-refractivity contribution is 8.26. The van der Waals surface area contributed by atoms with Crippen molar-refractivity contribution < 1.29 is 14.7 Å². The van der Waals surface area contributed by atoms with Crippen molar-refractivity contribution in [3.05, 3.63) is 65.1 Å². The highest BCUT2D eigenvalue weighted by atomic mass is 32.2. The lowest BCUT2D eigenvalue weighted by Gasteiger charge is -2.11. The number of nitrogens with zero attached hydrogens (tertiary/aromatic N) is 1. The number of thioether (sulfide) groups is 1. The van der Waals surface area contributed by atoms with Crippen molar-refractivity contribution in [2.45, 2.75) is 0 Å². The van der Waals surface area contributed by atoms with Crippen LogP contribution in [0.1, 0.15) is 5.56 Å². The lowest BCUT2D eigenvalue weighted by molar-refractivity contribution is -0.140. The molecule has 1 aliphatic rings. The standard InChI is InChI=1S/C20H13NO3S2/c22-18(23)11-21-19(24)17(26-20(21)25)10-16-14-7-3-1-5-12(14)9-13-6-2-4-8-15(13)16/h1-10H,11H2,(H,22,23)/b17-10-. The van der Waals surface area contributed by atoms with Crippen molar-refractivity contribution in [3.63, 3.8) is 0 Å². The minimum absolute atomic E-state index is 0.271. The molecule has 0 bridgehead atoms. The van der Waals surface area contributed by atoms with Gasteiger partial charge >= 0.3 is 5.97 Å². The number of hydrogen-bond donors (Lipinski definition) is 1. The molecule has 0 saturated carbocycles. The van der Waals surface area contributed by atoms with Crippen molar-refractivity contribution in [1.29, 1.82) is 0 Å². The largest absolute Gasteiger partial charge is 0.480 e. The fourth-order valence-electron chi connectivity index (χ4n) is 3.11. The van der Waals surface area contributed by atoms with Gasteiger partial charge in [-0.25, -0.2) is 0 Å². The molecule has 3 aromatic carbocycles. The molecule has 4 nitrogen and oxygen atoms in total. The van der Waals surface area contributed by atoms with Crippen molar-refractivity contribution in [3.8, 4) is 0 Å². The summed E-state index contributed by atoms with van der Waals surface area (Å²) in [7, 11) is 0. The summed E-state index contributed by atoms with van der Waals surface area (Å²) in [5.41, 5.74) is 0.939. The van der Waals surface area contributed by atoms with Gasteiger partial charge < -0.3 is 5.11 Å². The maximum Gasteiger partial charge on any atom is 0.323 e. The average Bonchev–Trinajstić information content (AvgIpc) is 2.88. The predicted molar refractivity (Wildman–Crippen MR) is 109 cm³/mol. The van der Waals surface area contributed by atoms with Gasteiger partial charge in [0.05, 0.1) is 4.91 Å². The highest BCUT2D eigenvalue weighted by Crippen LogP contribution is 2.36. The van der Waals surface area contributed by atoms with Gasteiger partial charge in [-0.05, 0) is 39.3 Å². The van der Waals surface area contributed by atoms with E-state index in [9.17, 15) is 9.59 Å². The molecule has 4 rings (SSSR count). The lowest BCUT2D eigenvalue weighted by Crippen LogP contribution is -2.33. The van der Waals surface area contributed by atoms with Crippen LogP contribution >= 0.6 is 24.0 Å². The summed E-state index contributed by atoms with van der Waals surface area (Å²) < 4.78 is 0.271. The quantitative estimate of drug-likeness (QED) is 0.418. The van der Waals surface area contributed by atoms with Crippen LogP contribution in [-0.4, -0.2) is 32.7 Å². The van der Waals surface area contributed by atoms with Gasteiger partial charge in [0.2, 0.25) is 0 Å². The van der Waals surface area contributed by atoms with Gasteiger partial charge in [0.25, 0.3) is 5.91 Å². The Bertz CT molecular complexity index is 1070. The molecule has 6 heteroatoms. The van der Waals surface area contributed by atoms with Gasteiger partial charge in [-0.3, -0.25) is 14.5 Å². The molecule has 3 aromatic rings. The molecule has 1 saturated heterocycles. The zero-order chi connectivity index (χ0) is 18.3. The number of rotatable bonds is 3. The summed E-state index contributed by atoms with van der Waals surface area (Å²) in [6.07, 6.45) is 1.83.